The molecule has 0 bridgehead atoms. The molecule has 3 rings (SSSR count). The Bertz CT molecular complexity index is 883. The first-order valence-electron chi connectivity index (χ1n) is 8.91. The van der Waals surface area contributed by atoms with Gasteiger partial charge in [-0.3, -0.25) is 4.79 Å². The normalized spacial score (nSPS) is 12.2. The van der Waals surface area contributed by atoms with Gasteiger partial charge in [-0.2, -0.15) is 0 Å². The molecule has 0 saturated carbocycles. The lowest BCUT2D eigenvalue weighted by Gasteiger charge is -2.23. The van der Waals surface area contributed by atoms with Crippen LogP contribution in [-0.2, 0) is 11.2 Å². The van der Waals surface area contributed by atoms with Crippen LogP contribution in [0.4, 0.5) is 0 Å². The minimum absolute atomic E-state index is 0.0707. The van der Waals surface area contributed by atoms with Crippen LogP contribution in [0.15, 0.2) is 46.2 Å². The molecule has 1 amide bonds. The van der Waals surface area contributed by atoms with Gasteiger partial charge in [0.15, 0.2) is 0 Å². The van der Waals surface area contributed by atoms with Crippen molar-refractivity contribution in [1.82, 2.24) is 10.3 Å². The van der Waals surface area contributed by atoms with E-state index in [1.165, 1.54) is 0 Å². The molecule has 1 atom stereocenters. The zero-order chi connectivity index (χ0) is 19.4. The maximum atomic E-state index is 12.7. The monoisotopic (exact) mass is 384 g/mol. The van der Waals surface area contributed by atoms with Crippen molar-refractivity contribution in [1.29, 1.82) is 0 Å². The Labute approximate surface area is 163 Å². The number of rotatable bonds is 7. The molecule has 0 fully saturated rings. The molecule has 1 aromatic carbocycles. The number of aryl methyl sites for hydroxylation is 1. The van der Waals surface area contributed by atoms with E-state index in [4.69, 9.17) is 9.15 Å². The van der Waals surface area contributed by atoms with Crippen LogP contribution in [0.2, 0.25) is 0 Å². The van der Waals surface area contributed by atoms with Crippen LogP contribution in [0.5, 0.6) is 5.75 Å². The lowest BCUT2D eigenvalue weighted by atomic mass is 9.95. The summed E-state index contributed by atoms with van der Waals surface area (Å²) in [4.78, 5) is 18.1. The van der Waals surface area contributed by atoms with E-state index in [2.05, 4.69) is 24.1 Å². The Kier molecular flexibility index (Phi) is 5.96. The smallest absolute Gasteiger partial charge is 0.236 e. The van der Waals surface area contributed by atoms with Gasteiger partial charge in [0.25, 0.3) is 0 Å². The van der Waals surface area contributed by atoms with E-state index >= 15 is 0 Å². The van der Waals surface area contributed by atoms with Crippen molar-refractivity contribution in [3.8, 4) is 16.5 Å². The van der Waals surface area contributed by atoms with Gasteiger partial charge >= 0.3 is 0 Å². The van der Waals surface area contributed by atoms with Gasteiger partial charge in [-0.05, 0) is 42.0 Å². The zero-order valence-corrected chi connectivity index (χ0v) is 16.8. The van der Waals surface area contributed by atoms with Crippen molar-refractivity contribution in [3.63, 3.8) is 0 Å². The molecule has 2 heterocycles. The van der Waals surface area contributed by atoms with Crippen LogP contribution < -0.4 is 10.1 Å². The molecule has 1 N–H and O–H groups in total. The molecule has 0 saturated heterocycles. The minimum Gasteiger partial charge on any atom is -0.497 e. The van der Waals surface area contributed by atoms with Crippen LogP contribution in [0.25, 0.3) is 10.8 Å². The Morgan fingerprint density at radius 2 is 2.00 bits per heavy atom. The summed E-state index contributed by atoms with van der Waals surface area (Å²) in [5, 5.41) is 5.11. The third-order valence-corrected chi connectivity index (χ3v) is 5.27. The van der Waals surface area contributed by atoms with Gasteiger partial charge in [0, 0.05) is 0 Å². The van der Waals surface area contributed by atoms with Gasteiger partial charge < -0.3 is 14.5 Å². The molecule has 5 nitrogen and oxygen atoms in total. The number of benzene rings is 1. The SMILES string of the molecule is COc1ccc(C(NC(=O)Cc2nc(-c3cccs3)oc2C)C(C)C)cc1. The second-order valence-corrected chi connectivity index (χ2v) is 7.69. The quantitative estimate of drug-likeness (QED) is 0.637. The van der Waals surface area contributed by atoms with E-state index in [1.807, 2.05) is 48.7 Å². The Balaban J connectivity index is 1.71. The topological polar surface area (TPSA) is 64.4 Å². The summed E-state index contributed by atoms with van der Waals surface area (Å²) in [7, 11) is 1.64. The standard InChI is InChI=1S/C21H24N2O3S/c1-13(2)20(15-7-9-16(25-4)10-8-15)23-19(24)12-17-14(3)26-21(22-17)18-6-5-11-27-18/h5-11,13,20H,12H2,1-4H3,(H,23,24). The van der Waals surface area contributed by atoms with Crippen molar-refractivity contribution in [2.45, 2.75) is 33.2 Å². The molecule has 0 radical (unpaired) electrons. The summed E-state index contributed by atoms with van der Waals surface area (Å²) < 4.78 is 10.9. The van der Waals surface area contributed by atoms with Crippen LogP contribution in [0.3, 0.4) is 0 Å². The Morgan fingerprint density at radius 1 is 1.26 bits per heavy atom. The first-order chi connectivity index (χ1) is 13.0. The summed E-state index contributed by atoms with van der Waals surface area (Å²) >= 11 is 1.56. The largest absolute Gasteiger partial charge is 0.497 e. The van der Waals surface area contributed by atoms with Crippen molar-refractivity contribution in [2.24, 2.45) is 5.92 Å². The number of nitrogens with zero attached hydrogens (tertiary/aromatic N) is 1. The number of ether oxygens (including phenoxy) is 1. The molecule has 0 aliphatic carbocycles. The summed E-state index contributed by atoms with van der Waals surface area (Å²) in [6, 6.07) is 11.6. The van der Waals surface area contributed by atoms with Crippen molar-refractivity contribution in [2.75, 3.05) is 7.11 Å². The predicted molar refractivity (Wildman–Crippen MR) is 107 cm³/mol. The van der Waals surface area contributed by atoms with E-state index in [9.17, 15) is 4.79 Å². The van der Waals surface area contributed by atoms with Crippen LogP contribution in [0.1, 0.15) is 36.9 Å². The molecular weight excluding hydrogens is 360 g/mol. The lowest BCUT2D eigenvalue weighted by Crippen LogP contribution is -2.33. The maximum Gasteiger partial charge on any atom is 0.236 e. The molecule has 1 unspecified atom stereocenters. The maximum absolute atomic E-state index is 12.7. The molecule has 6 heteroatoms. The predicted octanol–water partition coefficient (Wildman–Crippen LogP) is 4.78. The molecule has 0 spiro atoms. The number of carbonyl (C=O) groups is 1. The minimum atomic E-state index is -0.0765. The van der Waals surface area contributed by atoms with E-state index in [0.29, 0.717) is 17.3 Å². The fourth-order valence-corrected chi connectivity index (χ4v) is 3.57. The van der Waals surface area contributed by atoms with E-state index < -0.39 is 0 Å². The third kappa shape index (κ3) is 4.57. The van der Waals surface area contributed by atoms with E-state index in [0.717, 1.165) is 16.2 Å². The molecular formula is C21H24N2O3S. The molecule has 2 aromatic heterocycles. The second-order valence-electron chi connectivity index (χ2n) is 6.74. The van der Waals surface area contributed by atoms with Crippen molar-refractivity contribution >= 4 is 17.2 Å². The van der Waals surface area contributed by atoms with Gasteiger partial charge in [0.05, 0.1) is 30.1 Å². The lowest BCUT2D eigenvalue weighted by molar-refractivity contribution is -0.121. The van der Waals surface area contributed by atoms with Gasteiger partial charge in [-0.15, -0.1) is 11.3 Å². The zero-order valence-electron chi connectivity index (χ0n) is 16.0. The summed E-state index contributed by atoms with van der Waals surface area (Å²) in [6.07, 6.45) is 0.195. The first kappa shape index (κ1) is 19.2. The molecule has 3 aromatic rings. The first-order valence-corrected chi connectivity index (χ1v) is 9.79. The van der Waals surface area contributed by atoms with E-state index in [-0.39, 0.29) is 24.3 Å². The number of thiophene rings is 1. The highest BCUT2D eigenvalue weighted by Gasteiger charge is 2.21. The molecule has 142 valence electrons. The molecule has 27 heavy (non-hydrogen) atoms. The molecule has 0 aliphatic rings. The average Bonchev–Trinajstić information content (AvgIpc) is 3.30. The summed E-state index contributed by atoms with van der Waals surface area (Å²) in [5.41, 5.74) is 1.73. The van der Waals surface area contributed by atoms with Gasteiger partial charge in [0.2, 0.25) is 11.8 Å². The highest BCUT2D eigenvalue weighted by molar-refractivity contribution is 7.13. The van der Waals surface area contributed by atoms with Crippen LogP contribution in [-0.4, -0.2) is 18.0 Å². The Hall–Kier alpha value is -2.60. The summed E-state index contributed by atoms with van der Waals surface area (Å²) in [6.45, 7) is 6.02. The molecule has 0 aliphatic heterocycles. The van der Waals surface area contributed by atoms with Crippen LogP contribution in [0, 0.1) is 12.8 Å². The Morgan fingerprint density at radius 3 is 2.59 bits per heavy atom. The van der Waals surface area contributed by atoms with Gasteiger partial charge in [0.1, 0.15) is 11.5 Å². The number of oxazole rings is 1. The number of hydrogen-bond donors (Lipinski definition) is 1. The number of nitrogens with one attached hydrogen (secondary N) is 1. The van der Waals surface area contributed by atoms with Gasteiger partial charge in [-0.1, -0.05) is 32.0 Å². The number of amides is 1. The third-order valence-electron chi connectivity index (χ3n) is 4.41. The fourth-order valence-electron chi connectivity index (χ4n) is 2.92. The van der Waals surface area contributed by atoms with Crippen LogP contribution >= 0.6 is 11.3 Å². The highest BCUT2D eigenvalue weighted by atomic mass is 32.1. The van der Waals surface area contributed by atoms with Gasteiger partial charge in [-0.25, -0.2) is 4.98 Å². The number of aromatic nitrogens is 1. The second kappa shape index (κ2) is 8.39. The number of hydrogen-bond acceptors (Lipinski definition) is 5. The highest BCUT2D eigenvalue weighted by Crippen LogP contribution is 2.27. The van der Waals surface area contributed by atoms with Crippen molar-refractivity contribution < 1.29 is 13.9 Å². The fraction of sp³-hybridized carbons (Fsp3) is 0.333. The van der Waals surface area contributed by atoms with Crippen molar-refractivity contribution in [3.05, 3.63) is 58.8 Å². The number of carbonyl (C=O) groups excluding carboxylic acids is 1. The average molecular weight is 385 g/mol. The summed E-state index contributed by atoms with van der Waals surface area (Å²) in [5.74, 6) is 2.23. The van der Waals surface area contributed by atoms with E-state index in [1.54, 1.807) is 18.4 Å². The number of methoxy groups -OCH3 is 1.